The van der Waals surface area contributed by atoms with Crippen molar-refractivity contribution < 1.29 is 19.1 Å². The first-order valence-electron chi connectivity index (χ1n) is 11.6. The fourth-order valence-electron chi connectivity index (χ4n) is 3.47. The van der Waals surface area contributed by atoms with Gasteiger partial charge >= 0.3 is 5.97 Å². The highest BCUT2D eigenvalue weighted by atomic mass is 16.5. The molecule has 0 N–H and O–H groups in total. The van der Waals surface area contributed by atoms with Crippen LogP contribution in [0.3, 0.4) is 0 Å². The minimum atomic E-state index is -0.215. The molecule has 0 unspecified atom stereocenters. The van der Waals surface area contributed by atoms with E-state index in [-0.39, 0.29) is 11.9 Å². The van der Waals surface area contributed by atoms with Crippen molar-refractivity contribution in [2.45, 2.75) is 65.3 Å². The summed E-state index contributed by atoms with van der Waals surface area (Å²) < 4.78 is 10.9. The van der Waals surface area contributed by atoms with Gasteiger partial charge in [0.05, 0.1) is 13.7 Å². The molecule has 0 atom stereocenters. The molecule has 0 fully saturated rings. The zero-order valence-corrected chi connectivity index (χ0v) is 20.0. The minimum Gasteiger partial charge on any atom is -0.493 e. The average Bonchev–Trinajstić information content (AvgIpc) is 2.81. The molecule has 5 heteroatoms. The minimum absolute atomic E-state index is 0.177. The van der Waals surface area contributed by atoms with Crippen molar-refractivity contribution in [3.05, 3.63) is 53.6 Å². The Kier molecular flexibility index (Phi) is 10.8. The molecule has 0 aliphatic carbocycles. The molecule has 0 saturated carbocycles. The lowest BCUT2D eigenvalue weighted by atomic mass is 9.99. The maximum absolute atomic E-state index is 12.3. The third-order valence-corrected chi connectivity index (χ3v) is 5.47. The highest BCUT2D eigenvalue weighted by Gasteiger charge is 2.12. The van der Waals surface area contributed by atoms with E-state index in [9.17, 15) is 9.59 Å². The van der Waals surface area contributed by atoms with Crippen LogP contribution < -0.4 is 4.74 Å². The third-order valence-electron chi connectivity index (χ3n) is 5.47. The summed E-state index contributed by atoms with van der Waals surface area (Å²) in [6.07, 6.45) is 5.53. The number of carbonyl (C=O) groups excluding carboxylic acids is 2. The normalized spacial score (nSPS) is 10.6. The van der Waals surface area contributed by atoms with E-state index >= 15 is 0 Å². The second-order valence-electron chi connectivity index (χ2n) is 8.16. The Bertz CT molecular complexity index is 878. The van der Waals surface area contributed by atoms with Gasteiger partial charge in [-0.15, -0.1) is 0 Å². The molecule has 2 aromatic carbocycles. The number of aryl methyl sites for hydroxylation is 1. The SMILES string of the molecule is CCCCOc1cc(CCC(=O)OC)ccc1-c1cccc(CN(C)C(=O)CCCC)c1. The summed E-state index contributed by atoms with van der Waals surface area (Å²) >= 11 is 0. The van der Waals surface area contributed by atoms with Crippen molar-refractivity contribution in [1.82, 2.24) is 4.90 Å². The molecule has 1 amide bonds. The summed E-state index contributed by atoms with van der Waals surface area (Å²) in [5.74, 6) is 0.786. The van der Waals surface area contributed by atoms with Crippen LogP contribution in [0.2, 0.25) is 0 Å². The summed E-state index contributed by atoms with van der Waals surface area (Å²) in [5.41, 5.74) is 4.21. The number of benzene rings is 2. The Morgan fingerprint density at radius 3 is 2.44 bits per heavy atom. The number of unbranched alkanes of at least 4 members (excludes halogenated alkanes) is 2. The first kappa shape index (κ1) is 25.4. The van der Waals surface area contributed by atoms with Crippen LogP contribution in [0, 0.1) is 0 Å². The summed E-state index contributed by atoms with van der Waals surface area (Å²) in [5, 5.41) is 0. The van der Waals surface area contributed by atoms with Crippen LogP contribution in [0.1, 0.15) is 63.5 Å². The second kappa shape index (κ2) is 13.6. The topological polar surface area (TPSA) is 55.8 Å². The van der Waals surface area contributed by atoms with Crippen LogP contribution in [0.25, 0.3) is 11.1 Å². The number of hydrogen-bond acceptors (Lipinski definition) is 4. The fraction of sp³-hybridized carbons (Fsp3) is 0.481. The fourth-order valence-corrected chi connectivity index (χ4v) is 3.47. The number of ether oxygens (including phenoxy) is 2. The van der Waals surface area contributed by atoms with Gasteiger partial charge in [0.2, 0.25) is 5.91 Å². The highest BCUT2D eigenvalue weighted by Crippen LogP contribution is 2.32. The van der Waals surface area contributed by atoms with E-state index in [1.165, 1.54) is 7.11 Å². The van der Waals surface area contributed by atoms with Crippen molar-refractivity contribution in [3.8, 4) is 16.9 Å². The number of methoxy groups -OCH3 is 1. The van der Waals surface area contributed by atoms with E-state index in [2.05, 4.69) is 38.1 Å². The van der Waals surface area contributed by atoms with E-state index in [0.717, 1.165) is 53.7 Å². The van der Waals surface area contributed by atoms with E-state index in [4.69, 9.17) is 9.47 Å². The quantitative estimate of drug-likeness (QED) is 0.293. The highest BCUT2D eigenvalue weighted by molar-refractivity contribution is 5.76. The van der Waals surface area contributed by atoms with Gasteiger partial charge in [0.25, 0.3) is 0 Å². The molecule has 0 aromatic heterocycles. The van der Waals surface area contributed by atoms with Gasteiger partial charge in [-0.1, -0.05) is 57.0 Å². The molecule has 2 rings (SSSR count). The second-order valence-corrected chi connectivity index (χ2v) is 8.16. The molecule has 2 aromatic rings. The van der Waals surface area contributed by atoms with Gasteiger partial charge in [-0.3, -0.25) is 9.59 Å². The van der Waals surface area contributed by atoms with Crippen molar-refractivity contribution in [2.24, 2.45) is 0 Å². The molecule has 0 bridgehead atoms. The lowest BCUT2D eigenvalue weighted by molar-refractivity contribution is -0.140. The summed E-state index contributed by atoms with van der Waals surface area (Å²) in [4.78, 5) is 25.6. The predicted molar refractivity (Wildman–Crippen MR) is 129 cm³/mol. The molecule has 0 heterocycles. The van der Waals surface area contributed by atoms with Crippen molar-refractivity contribution in [1.29, 1.82) is 0 Å². The Morgan fingerprint density at radius 2 is 1.72 bits per heavy atom. The number of esters is 1. The summed E-state index contributed by atoms with van der Waals surface area (Å²) in [7, 11) is 3.27. The Hall–Kier alpha value is -2.82. The maximum Gasteiger partial charge on any atom is 0.305 e. The molecule has 0 saturated heterocycles. The summed E-state index contributed by atoms with van der Waals surface area (Å²) in [6, 6.07) is 14.4. The molecule has 32 heavy (non-hydrogen) atoms. The lowest BCUT2D eigenvalue weighted by Crippen LogP contribution is -2.25. The van der Waals surface area contributed by atoms with E-state index in [0.29, 0.717) is 32.4 Å². The van der Waals surface area contributed by atoms with Gasteiger partial charge in [-0.25, -0.2) is 0 Å². The lowest BCUT2D eigenvalue weighted by Gasteiger charge is -2.18. The Labute approximate surface area is 192 Å². The van der Waals surface area contributed by atoms with Gasteiger partial charge < -0.3 is 14.4 Å². The van der Waals surface area contributed by atoms with Crippen LogP contribution in [0.4, 0.5) is 0 Å². The number of amides is 1. The number of hydrogen-bond donors (Lipinski definition) is 0. The predicted octanol–water partition coefficient (Wildman–Crippen LogP) is 5.79. The van der Waals surface area contributed by atoms with Crippen LogP contribution in [-0.2, 0) is 27.3 Å². The monoisotopic (exact) mass is 439 g/mol. The third kappa shape index (κ3) is 8.03. The molecule has 174 valence electrons. The van der Waals surface area contributed by atoms with Gasteiger partial charge in [0.1, 0.15) is 5.75 Å². The first-order valence-corrected chi connectivity index (χ1v) is 11.6. The van der Waals surface area contributed by atoms with Crippen molar-refractivity contribution in [2.75, 3.05) is 20.8 Å². The van der Waals surface area contributed by atoms with Gasteiger partial charge in [0, 0.05) is 32.0 Å². The van der Waals surface area contributed by atoms with E-state index < -0.39 is 0 Å². The van der Waals surface area contributed by atoms with Crippen molar-refractivity contribution >= 4 is 11.9 Å². The largest absolute Gasteiger partial charge is 0.493 e. The number of nitrogens with zero attached hydrogens (tertiary/aromatic N) is 1. The van der Waals surface area contributed by atoms with Crippen LogP contribution in [0.15, 0.2) is 42.5 Å². The number of rotatable bonds is 13. The molecular weight excluding hydrogens is 402 g/mol. The van der Waals surface area contributed by atoms with Gasteiger partial charge in [-0.2, -0.15) is 0 Å². The van der Waals surface area contributed by atoms with Crippen LogP contribution in [-0.4, -0.2) is 37.5 Å². The molecule has 0 aliphatic heterocycles. The van der Waals surface area contributed by atoms with E-state index in [1.807, 2.05) is 25.2 Å². The standard InChI is InChI=1S/C27H37NO4/c1-5-7-12-26(29)28(3)20-22-10-9-11-23(18-22)24-15-13-21(14-16-27(30)31-4)19-25(24)32-17-8-6-2/h9-11,13,15,18-19H,5-8,12,14,16-17,20H2,1-4H3. The van der Waals surface area contributed by atoms with Gasteiger partial charge in [0.15, 0.2) is 0 Å². The molecule has 0 spiro atoms. The first-order chi connectivity index (χ1) is 15.5. The van der Waals surface area contributed by atoms with Gasteiger partial charge in [-0.05, 0) is 48.1 Å². The molecule has 0 aliphatic rings. The number of carbonyl (C=O) groups is 2. The molecular formula is C27H37NO4. The van der Waals surface area contributed by atoms with E-state index in [1.54, 1.807) is 4.90 Å². The Morgan fingerprint density at radius 1 is 0.938 bits per heavy atom. The Balaban J connectivity index is 2.23. The summed E-state index contributed by atoms with van der Waals surface area (Å²) in [6.45, 7) is 5.47. The molecule has 0 radical (unpaired) electrons. The zero-order valence-electron chi connectivity index (χ0n) is 20.0. The van der Waals surface area contributed by atoms with Crippen molar-refractivity contribution in [3.63, 3.8) is 0 Å². The zero-order chi connectivity index (χ0) is 23.3. The molecule has 5 nitrogen and oxygen atoms in total. The van der Waals surface area contributed by atoms with Crippen LogP contribution in [0.5, 0.6) is 5.75 Å². The van der Waals surface area contributed by atoms with Crippen LogP contribution >= 0.6 is 0 Å². The average molecular weight is 440 g/mol. The smallest absolute Gasteiger partial charge is 0.305 e. The maximum atomic E-state index is 12.3.